The lowest BCUT2D eigenvalue weighted by Gasteiger charge is -2.35. The smallest absolute Gasteiger partial charge is 0.316 e. The molecule has 196 valence electrons. The third kappa shape index (κ3) is 7.22. The number of hydrogen-bond acceptors (Lipinski definition) is 3. The summed E-state index contributed by atoms with van der Waals surface area (Å²) in [5, 5.41) is 0. The highest BCUT2D eigenvalue weighted by molar-refractivity contribution is 5.84. The number of benzene rings is 1. The van der Waals surface area contributed by atoms with E-state index in [1.807, 2.05) is 46.8 Å². The van der Waals surface area contributed by atoms with Crippen LogP contribution in [0, 0.1) is 12.3 Å². The van der Waals surface area contributed by atoms with E-state index >= 15 is 0 Å². The summed E-state index contributed by atoms with van der Waals surface area (Å²) in [5.41, 5.74) is 17.3. The zero-order valence-electron chi connectivity index (χ0n) is 24.2. The topological polar surface area (TPSA) is 52.3 Å². The van der Waals surface area contributed by atoms with Crippen LogP contribution in [-0.4, -0.2) is 12.6 Å². The Morgan fingerprint density at radius 2 is 1.67 bits per heavy atom. The quantitative estimate of drug-likeness (QED) is 0.171. The summed E-state index contributed by atoms with van der Waals surface area (Å²) in [7, 11) is 0. The lowest BCUT2D eigenvalue weighted by Crippen LogP contribution is -2.36. The number of nitrogen functional groups attached to an aromatic ring is 1. The van der Waals surface area contributed by atoms with E-state index in [1.54, 1.807) is 0 Å². The van der Waals surface area contributed by atoms with Gasteiger partial charge in [0.15, 0.2) is 0 Å². The zero-order valence-corrected chi connectivity index (χ0v) is 24.2. The van der Waals surface area contributed by atoms with Gasteiger partial charge >= 0.3 is 5.97 Å². The van der Waals surface area contributed by atoms with Gasteiger partial charge in [0.1, 0.15) is 6.61 Å². The molecule has 0 bridgehead atoms. The average molecular weight is 490 g/mol. The standard InChI is InChI=1S/C29H39NO2.C4H8/c1-10-22(23(11-2)24-15-19(6)13-14-27(24)30)21(8)20(7)16-26-25(18(4)5)17-32-28(31)29(26,9)12-3;1-4(2)3/h13-16H,4,8,10-12,17,30H2,1-3,5-7,9H3;1H2,2-3H3/b20-16+,23-22-;. The molecule has 0 saturated heterocycles. The minimum atomic E-state index is -0.696. The van der Waals surface area contributed by atoms with Crippen LogP contribution in [0.25, 0.3) is 5.57 Å². The monoisotopic (exact) mass is 489 g/mol. The Morgan fingerprint density at radius 3 is 2.14 bits per heavy atom. The number of hydrogen-bond donors (Lipinski definition) is 1. The van der Waals surface area contributed by atoms with E-state index < -0.39 is 5.41 Å². The van der Waals surface area contributed by atoms with Crippen LogP contribution in [0.3, 0.4) is 0 Å². The SMILES string of the molecule is C=C(C)C.C=C(C)C1=C(/C=C(\C)C(=C)/C(CC)=C(/CC)c2cc(C)ccc2N)C(C)(CC)C(=O)OC1. The van der Waals surface area contributed by atoms with Crippen LogP contribution in [0.2, 0.25) is 0 Å². The maximum atomic E-state index is 12.7. The van der Waals surface area contributed by atoms with Crippen molar-refractivity contribution in [1.29, 1.82) is 0 Å². The molecule has 36 heavy (non-hydrogen) atoms. The van der Waals surface area contributed by atoms with E-state index in [1.165, 1.54) is 22.3 Å². The summed E-state index contributed by atoms with van der Waals surface area (Å²) in [6.07, 6.45) is 4.49. The second-order valence-corrected chi connectivity index (χ2v) is 10.2. The first-order valence-electron chi connectivity index (χ1n) is 12.9. The first-order chi connectivity index (χ1) is 16.7. The van der Waals surface area contributed by atoms with Crippen LogP contribution >= 0.6 is 0 Å². The Bertz CT molecular complexity index is 1120. The molecule has 1 aliphatic heterocycles. The van der Waals surface area contributed by atoms with Crippen molar-refractivity contribution in [3.05, 3.63) is 94.2 Å². The normalized spacial score (nSPS) is 18.6. The van der Waals surface area contributed by atoms with Gasteiger partial charge in [-0.1, -0.05) is 62.8 Å². The van der Waals surface area contributed by atoms with E-state index in [-0.39, 0.29) is 12.6 Å². The van der Waals surface area contributed by atoms with Crippen LogP contribution < -0.4 is 5.73 Å². The van der Waals surface area contributed by atoms with Crippen LogP contribution in [-0.2, 0) is 9.53 Å². The summed E-state index contributed by atoms with van der Waals surface area (Å²) in [4.78, 5) is 12.7. The Kier molecular flexibility index (Phi) is 11.4. The van der Waals surface area contributed by atoms with Crippen LogP contribution in [0.1, 0.15) is 85.8 Å². The van der Waals surface area contributed by atoms with Crippen molar-refractivity contribution in [2.24, 2.45) is 5.41 Å². The average Bonchev–Trinajstić information content (AvgIpc) is 2.81. The molecule has 3 nitrogen and oxygen atoms in total. The second-order valence-electron chi connectivity index (χ2n) is 10.2. The van der Waals surface area contributed by atoms with E-state index in [9.17, 15) is 4.79 Å². The molecule has 0 aromatic heterocycles. The number of anilines is 1. The summed E-state index contributed by atoms with van der Waals surface area (Å²) in [6, 6.07) is 6.17. The van der Waals surface area contributed by atoms with Crippen molar-refractivity contribution in [1.82, 2.24) is 0 Å². The van der Waals surface area contributed by atoms with Crippen molar-refractivity contribution in [2.75, 3.05) is 12.3 Å². The molecule has 1 unspecified atom stereocenters. The van der Waals surface area contributed by atoms with E-state index in [4.69, 9.17) is 10.5 Å². The molecular weight excluding hydrogens is 442 g/mol. The van der Waals surface area contributed by atoms with Gasteiger partial charge < -0.3 is 10.5 Å². The van der Waals surface area contributed by atoms with Crippen molar-refractivity contribution >= 4 is 17.2 Å². The summed E-state index contributed by atoms with van der Waals surface area (Å²) < 4.78 is 5.50. The lowest BCUT2D eigenvalue weighted by atomic mass is 9.73. The van der Waals surface area contributed by atoms with Gasteiger partial charge in [0.2, 0.25) is 0 Å². The number of allylic oxidation sites excluding steroid dienone is 6. The molecule has 2 N–H and O–H groups in total. The molecule has 0 spiro atoms. The molecule has 1 atom stereocenters. The van der Waals surface area contributed by atoms with Crippen LogP contribution in [0.4, 0.5) is 5.69 Å². The van der Waals surface area contributed by atoms with Gasteiger partial charge in [0, 0.05) is 11.3 Å². The second kappa shape index (κ2) is 13.3. The number of cyclic esters (lactones) is 1. The Balaban J connectivity index is 0.00000150. The minimum absolute atomic E-state index is 0.178. The van der Waals surface area contributed by atoms with Crippen molar-refractivity contribution in [2.45, 2.75) is 81.6 Å². The summed E-state index contributed by atoms with van der Waals surface area (Å²) in [6.45, 7) is 30.8. The van der Waals surface area contributed by atoms with Gasteiger partial charge in [-0.3, -0.25) is 4.79 Å². The number of aryl methyl sites for hydroxylation is 1. The molecule has 0 radical (unpaired) electrons. The number of rotatable bonds is 8. The highest BCUT2D eigenvalue weighted by Gasteiger charge is 2.41. The maximum absolute atomic E-state index is 12.7. The molecule has 1 aromatic carbocycles. The molecule has 0 fully saturated rings. The summed E-state index contributed by atoms with van der Waals surface area (Å²) in [5.74, 6) is -0.178. The predicted octanol–water partition coefficient (Wildman–Crippen LogP) is 9.08. The minimum Gasteiger partial charge on any atom is -0.460 e. The van der Waals surface area contributed by atoms with Gasteiger partial charge in [-0.25, -0.2) is 0 Å². The van der Waals surface area contributed by atoms with Gasteiger partial charge in [-0.05, 0) is 106 Å². The molecule has 0 aliphatic carbocycles. The third-order valence-electron chi connectivity index (χ3n) is 6.75. The maximum Gasteiger partial charge on any atom is 0.316 e. The van der Waals surface area contributed by atoms with Gasteiger partial charge in [0.05, 0.1) is 5.41 Å². The fraction of sp³-hybridized carbons (Fsp3) is 0.424. The van der Waals surface area contributed by atoms with E-state index in [0.717, 1.165) is 52.0 Å². The van der Waals surface area contributed by atoms with Crippen molar-refractivity contribution < 1.29 is 9.53 Å². The Hall–Kier alpha value is -3.07. The first-order valence-corrected chi connectivity index (χ1v) is 12.9. The fourth-order valence-electron chi connectivity index (χ4n) is 4.40. The molecule has 1 aliphatic rings. The molecule has 1 aromatic rings. The fourth-order valence-corrected chi connectivity index (χ4v) is 4.40. The third-order valence-corrected chi connectivity index (χ3v) is 6.75. The van der Waals surface area contributed by atoms with Gasteiger partial charge in [0.25, 0.3) is 0 Å². The van der Waals surface area contributed by atoms with Crippen LogP contribution in [0.15, 0.2) is 83.0 Å². The van der Waals surface area contributed by atoms with Crippen molar-refractivity contribution in [3.8, 4) is 0 Å². The molecule has 3 heteroatoms. The molecule has 1 heterocycles. The summed E-state index contributed by atoms with van der Waals surface area (Å²) >= 11 is 0. The highest BCUT2D eigenvalue weighted by atomic mass is 16.5. The van der Waals surface area contributed by atoms with Crippen LogP contribution in [0.5, 0.6) is 0 Å². The first kappa shape index (κ1) is 31.0. The highest BCUT2D eigenvalue weighted by Crippen LogP contribution is 2.42. The van der Waals surface area contributed by atoms with E-state index in [2.05, 4.69) is 59.6 Å². The zero-order chi connectivity index (χ0) is 27.8. The largest absolute Gasteiger partial charge is 0.460 e. The molecule has 0 saturated carbocycles. The van der Waals surface area contributed by atoms with Gasteiger partial charge in [-0.15, -0.1) is 6.58 Å². The molecule has 0 amide bonds. The lowest BCUT2D eigenvalue weighted by molar-refractivity contribution is -0.153. The molecular formula is C33H47NO2. The number of ether oxygens (including phenoxy) is 1. The number of carbonyl (C=O) groups excluding carboxylic acids is 1. The predicted molar refractivity (Wildman–Crippen MR) is 158 cm³/mol. The number of carbonyl (C=O) groups is 1. The molecule has 2 rings (SSSR count). The Morgan fingerprint density at radius 1 is 1.08 bits per heavy atom. The van der Waals surface area contributed by atoms with Gasteiger partial charge in [-0.2, -0.15) is 0 Å². The van der Waals surface area contributed by atoms with Crippen molar-refractivity contribution in [3.63, 3.8) is 0 Å². The number of nitrogens with two attached hydrogens (primary N) is 1. The Labute approximate surface area is 220 Å². The number of esters is 1. The van der Waals surface area contributed by atoms with E-state index in [0.29, 0.717) is 6.42 Å².